The van der Waals surface area contributed by atoms with Crippen molar-refractivity contribution in [1.29, 1.82) is 0 Å². The minimum Gasteiger partial charge on any atom is -0.210 e. The molecule has 0 aliphatic heterocycles. The van der Waals surface area contributed by atoms with Crippen molar-refractivity contribution in [3.8, 4) is 0 Å². The van der Waals surface area contributed by atoms with Crippen LogP contribution in [0.4, 0.5) is 0 Å². The molecule has 1 N–H and O–H groups in total. The van der Waals surface area contributed by atoms with Gasteiger partial charge in [-0.3, -0.25) is 0 Å². The summed E-state index contributed by atoms with van der Waals surface area (Å²) in [6, 6.07) is 13.4. The van der Waals surface area contributed by atoms with Gasteiger partial charge in [0.15, 0.2) is 0 Å². The molecule has 0 spiro atoms. The smallest absolute Gasteiger partial charge is 0.0512 e. The fraction of sp³-hybridized carbons (Fsp3) is 0.522. The molecular formula is C23H37OSiZr-3. The van der Waals surface area contributed by atoms with Crippen molar-refractivity contribution in [2.24, 2.45) is 0 Å². The van der Waals surface area contributed by atoms with Crippen LogP contribution in [0.1, 0.15) is 68.7 Å². The molecule has 26 heavy (non-hydrogen) atoms. The first-order valence-corrected chi connectivity index (χ1v) is 15.9. The zero-order chi connectivity index (χ0) is 19.6. The van der Waals surface area contributed by atoms with Gasteiger partial charge in [-0.1, -0.05) is 51.4 Å². The Morgan fingerprint density at radius 2 is 1.19 bits per heavy atom. The quantitative estimate of drug-likeness (QED) is 0.450. The van der Waals surface area contributed by atoms with Gasteiger partial charge in [0.2, 0.25) is 0 Å². The molecule has 0 amide bonds. The van der Waals surface area contributed by atoms with Crippen molar-refractivity contribution in [1.82, 2.24) is 0 Å². The number of aliphatic hydroxyl groups is 1. The Hall–Kier alpha value is -0.240. The fourth-order valence-electron chi connectivity index (χ4n) is 3.23. The van der Waals surface area contributed by atoms with Crippen LogP contribution >= 0.6 is 0 Å². The van der Waals surface area contributed by atoms with E-state index in [-0.39, 0.29) is 6.61 Å². The first kappa shape index (κ1) is 25.8. The second-order valence-electron chi connectivity index (χ2n) is 6.46. The van der Waals surface area contributed by atoms with Crippen molar-refractivity contribution in [3.63, 3.8) is 0 Å². The van der Waals surface area contributed by atoms with Crippen LogP contribution in [-0.2, 0) is 49.0 Å². The van der Waals surface area contributed by atoms with E-state index < -0.39 is 0 Å². The van der Waals surface area contributed by atoms with E-state index in [1.807, 2.05) is 27.1 Å². The molecule has 2 aliphatic carbocycles. The van der Waals surface area contributed by atoms with Gasteiger partial charge in [0.25, 0.3) is 0 Å². The van der Waals surface area contributed by atoms with Crippen LogP contribution in [-0.4, -0.2) is 18.6 Å². The van der Waals surface area contributed by atoms with Crippen LogP contribution in [0.15, 0.2) is 36.4 Å². The van der Waals surface area contributed by atoms with E-state index in [9.17, 15) is 0 Å². The summed E-state index contributed by atoms with van der Waals surface area (Å²) in [5.74, 6) is 0. The monoisotopic (exact) mass is 447 g/mol. The van der Waals surface area contributed by atoms with Crippen molar-refractivity contribution in [2.75, 3.05) is 6.61 Å². The van der Waals surface area contributed by atoms with Gasteiger partial charge in [-0.05, 0) is 6.92 Å². The summed E-state index contributed by atoms with van der Waals surface area (Å²) in [5, 5.41) is 7.57. The summed E-state index contributed by atoms with van der Waals surface area (Å²) >= 11 is 1.58. The third-order valence-corrected chi connectivity index (χ3v) is 4.30. The number of aliphatic hydroxyl groups excluding tert-OH is 1. The molecule has 0 aromatic heterocycles. The van der Waals surface area contributed by atoms with Crippen molar-refractivity contribution in [3.05, 3.63) is 65.1 Å². The summed E-state index contributed by atoms with van der Waals surface area (Å²) in [7, 11) is 0. The Morgan fingerprint density at radius 3 is 1.50 bits per heavy atom. The molecule has 3 heteroatoms. The zero-order valence-electron chi connectivity index (χ0n) is 17.1. The van der Waals surface area contributed by atoms with Gasteiger partial charge < -0.3 is 11.5 Å². The van der Waals surface area contributed by atoms with E-state index in [0.717, 1.165) is 0 Å². The van der Waals surface area contributed by atoms with Crippen molar-refractivity contribution < 1.29 is 28.4 Å². The van der Waals surface area contributed by atoms with Crippen LogP contribution in [0.25, 0.3) is 0 Å². The summed E-state index contributed by atoms with van der Waals surface area (Å²) in [4.78, 5) is 0. The molecule has 2 aromatic rings. The van der Waals surface area contributed by atoms with Crippen LogP contribution in [0, 0.1) is 6.42 Å². The minimum absolute atomic E-state index is 0.250. The molecule has 2 aliphatic rings. The van der Waals surface area contributed by atoms with Crippen molar-refractivity contribution >= 4 is 6.88 Å². The standard InChI is InChI=1S/2C9H11.C3H7.C2H6O.H2Si.Zr/c2*1-2-5-9-7-3-6-8(9)4-1;1-3-2;1-2-3;;/h2*3,6-7H,1-2,4-5H2;3H,1-2H3;3H,2H2,1H3;1H2;/q3*-1;;;. The molecule has 0 radical (unpaired) electrons. The maximum absolute atomic E-state index is 7.57. The molecule has 4 rings (SSSR count). The summed E-state index contributed by atoms with van der Waals surface area (Å²) in [6.07, 6.45) is 12.9. The van der Waals surface area contributed by atoms with Crippen LogP contribution in [0.3, 0.4) is 0 Å². The van der Waals surface area contributed by atoms with E-state index >= 15 is 0 Å². The van der Waals surface area contributed by atoms with E-state index in [1.54, 1.807) is 52.5 Å². The first-order valence-electron chi connectivity index (χ1n) is 9.93. The Labute approximate surface area is 178 Å². The SMILES string of the molecule is CCO.C[CH-]C.[SiH2]=[Zr].c1cc2c([cH-]1)CCCC2.c1cc2c([cH-]1)CCCC2. The third kappa shape index (κ3) is 10.8. The number of hydrogen-bond acceptors (Lipinski definition) is 1. The molecule has 146 valence electrons. The Morgan fingerprint density at radius 1 is 0.885 bits per heavy atom. The zero-order valence-corrected chi connectivity index (χ0v) is 20.9. The van der Waals surface area contributed by atoms with E-state index in [1.165, 1.54) is 51.4 Å². The molecule has 0 atom stereocenters. The number of rotatable bonds is 0. The molecule has 2 aromatic carbocycles. The van der Waals surface area contributed by atoms with Gasteiger partial charge in [-0.2, -0.15) is 60.4 Å². The number of aryl methyl sites for hydroxylation is 4. The molecular weight excluding hydrogens is 412 g/mol. The minimum atomic E-state index is 0.250. The number of fused-ring (bicyclic) bond motifs is 2. The molecule has 0 saturated heterocycles. The van der Waals surface area contributed by atoms with Gasteiger partial charge in [0.1, 0.15) is 0 Å². The fourth-order valence-corrected chi connectivity index (χ4v) is 3.23. The average Bonchev–Trinajstić information content (AvgIpc) is 3.34. The number of hydrogen-bond donors (Lipinski definition) is 1. The first-order chi connectivity index (χ1) is 12.8. The molecule has 0 heterocycles. The van der Waals surface area contributed by atoms with Gasteiger partial charge >= 0.3 is 30.2 Å². The van der Waals surface area contributed by atoms with Crippen LogP contribution in [0.2, 0.25) is 0 Å². The van der Waals surface area contributed by atoms with Crippen molar-refractivity contribution in [2.45, 2.75) is 72.1 Å². The third-order valence-electron chi connectivity index (χ3n) is 4.30. The Bertz CT molecular complexity index is 455. The average molecular weight is 449 g/mol. The molecule has 0 unspecified atom stereocenters. The Kier molecular flexibility index (Phi) is 18.0. The molecule has 0 saturated carbocycles. The summed E-state index contributed by atoms with van der Waals surface area (Å²) in [6.45, 7) is 7.88. The van der Waals surface area contributed by atoms with Crippen LogP contribution in [0.5, 0.6) is 0 Å². The summed E-state index contributed by atoms with van der Waals surface area (Å²) < 4.78 is 0. The van der Waals surface area contributed by atoms with Gasteiger partial charge in [-0.25, -0.2) is 12.1 Å². The van der Waals surface area contributed by atoms with E-state index in [0.29, 0.717) is 0 Å². The maximum atomic E-state index is 7.57. The molecule has 0 fully saturated rings. The van der Waals surface area contributed by atoms with Crippen LogP contribution < -0.4 is 0 Å². The normalized spacial score (nSPS) is 13.5. The van der Waals surface area contributed by atoms with Gasteiger partial charge in [-0.15, -0.1) is 0 Å². The largest absolute Gasteiger partial charge is 0.210 e. The van der Waals surface area contributed by atoms with E-state index in [2.05, 4.69) is 36.4 Å². The molecule has 1 nitrogen and oxygen atoms in total. The maximum Gasteiger partial charge on any atom is -0.0512 e. The second-order valence-corrected chi connectivity index (χ2v) is 6.46. The predicted molar refractivity (Wildman–Crippen MR) is 114 cm³/mol. The van der Waals surface area contributed by atoms with E-state index in [4.69, 9.17) is 5.11 Å². The van der Waals surface area contributed by atoms with Gasteiger partial charge in [0.05, 0.1) is 0 Å². The summed E-state index contributed by atoms with van der Waals surface area (Å²) in [5.41, 5.74) is 6.39. The molecule has 0 bridgehead atoms. The second kappa shape index (κ2) is 18.1. The Balaban J connectivity index is 0.000000348. The van der Waals surface area contributed by atoms with Gasteiger partial charge in [0, 0.05) is 6.61 Å². The predicted octanol–water partition coefficient (Wildman–Crippen LogP) is 4.88. The topological polar surface area (TPSA) is 20.2 Å².